The average Bonchev–Trinajstić information content (AvgIpc) is 3.15. The molecule has 0 bridgehead atoms. The predicted molar refractivity (Wildman–Crippen MR) is 118 cm³/mol. The van der Waals surface area contributed by atoms with Gasteiger partial charge in [-0.1, -0.05) is 0 Å². The molecule has 0 atom stereocenters. The van der Waals surface area contributed by atoms with Crippen molar-refractivity contribution in [3.05, 3.63) is 70.4 Å². The van der Waals surface area contributed by atoms with Crippen LogP contribution in [0.3, 0.4) is 0 Å². The SMILES string of the molecule is N#CSc1ccc(N=Cc2ccc(C=Nc3ccc(N=C=S)cc3)s2)cc1. The number of hydrogen-bond acceptors (Lipinski definition) is 7. The van der Waals surface area contributed by atoms with Gasteiger partial charge in [-0.25, -0.2) is 0 Å². The highest BCUT2D eigenvalue weighted by Crippen LogP contribution is 2.22. The molecule has 0 unspecified atom stereocenters. The predicted octanol–water partition coefficient (Wildman–Crippen LogP) is 6.56. The van der Waals surface area contributed by atoms with Crippen molar-refractivity contribution in [2.24, 2.45) is 15.0 Å². The Morgan fingerprint density at radius 2 is 1.33 bits per heavy atom. The molecule has 0 saturated heterocycles. The van der Waals surface area contributed by atoms with Crippen molar-refractivity contribution in [1.82, 2.24) is 0 Å². The van der Waals surface area contributed by atoms with Crippen molar-refractivity contribution in [1.29, 1.82) is 5.26 Å². The van der Waals surface area contributed by atoms with Crippen molar-refractivity contribution in [2.45, 2.75) is 4.90 Å². The molecule has 3 aromatic rings. The molecule has 0 amide bonds. The van der Waals surface area contributed by atoms with Crippen LogP contribution in [-0.4, -0.2) is 17.6 Å². The van der Waals surface area contributed by atoms with Crippen LogP contribution in [0.25, 0.3) is 0 Å². The number of aliphatic imine (C=N–C) groups is 3. The Balaban J connectivity index is 1.63. The van der Waals surface area contributed by atoms with Gasteiger partial charge in [0.15, 0.2) is 0 Å². The maximum absolute atomic E-state index is 8.66. The number of nitrogens with zero attached hydrogens (tertiary/aromatic N) is 4. The zero-order valence-corrected chi connectivity index (χ0v) is 16.4. The van der Waals surface area contributed by atoms with Crippen molar-refractivity contribution < 1.29 is 0 Å². The molecule has 1 heterocycles. The van der Waals surface area contributed by atoms with Gasteiger partial charge >= 0.3 is 0 Å². The van der Waals surface area contributed by atoms with Crippen molar-refractivity contribution >= 4 is 70.0 Å². The van der Waals surface area contributed by atoms with Crippen LogP contribution in [0.4, 0.5) is 17.1 Å². The summed E-state index contributed by atoms with van der Waals surface area (Å²) in [6, 6.07) is 19.0. The first-order chi connectivity index (χ1) is 13.3. The molecular weight excluding hydrogens is 392 g/mol. The average molecular weight is 405 g/mol. The van der Waals surface area contributed by atoms with E-state index in [4.69, 9.17) is 5.26 Å². The van der Waals surface area contributed by atoms with Crippen LogP contribution in [-0.2, 0) is 0 Å². The number of hydrogen-bond donors (Lipinski definition) is 0. The quantitative estimate of drug-likeness (QED) is 0.202. The maximum atomic E-state index is 8.66. The first-order valence-electron chi connectivity index (χ1n) is 7.79. The number of isothiocyanates is 1. The molecule has 0 fully saturated rings. The molecule has 130 valence electrons. The smallest absolute Gasteiger partial charge is 0.138 e. The van der Waals surface area contributed by atoms with E-state index >= 15 is 0 Å². The molecule has 0 N–H and O–H groups in total. The molecule has 1 aromatic heterocycles. The third-order valence-corrected chi connectivity index (χ3v) is 5.00. The third kappa shape index (κ3) is 5.81. The van der Waals surface area contributed by atoms with E-state index in [0.29, 0.717) is 0 Å². The van der Waals surface area contributed by atoms with Crippen molar-refractivity contribution in [3.8, 4) is 5.40 Å². The standard InChI is InChI=1S/C20H12N4S3/c21-13-26-18-7-5-16(6-8-18)23-12-20-10-9-19(27-20)11-22-15-1-3-17(4-2-15)24-14-25/h1-12H. The number of thiocyanates is 1. The van der Waals surface area contributed by atoms with Crippen molar-refractivity contribution in [3.63, 3.8) is 0 Å². The lowest BCUT2D eigenvalue weighted by molar-refractivity contribution is 1.43. The fraction of sp³-hybridized carbons (Fsp3) is 0. The minimum Gasteiger partial charge on any atom is -0.255 e. The Labute approximate surface area is 170 Å². The van der Waals surface area contributed by atoms with Gasteiger partial charge in [-0.05, 0) is 84.6 Å². The lowest BCUT2D eigenvalue weighted by atomic mass is 10.3. The van der Waals surface area contributed by atoms with Gasteiger partial charge in [-0.15, -0.1) is 11.3 Å². The number of benzene rings is 2. The zero-order chi connectivity index (χ0) is 18.9. The highest BCUT2D eigenvalue weighted by atomic mass is 32.2. The Morgan fingerprint density at radius 3 is 1.85 bits per heavy atom. The molecule has 0 radical (unpaired) electrons. The first kappa shape index (κ1) is 18.9. The fourth-order valence-electron chi connectivity index (χ4n) is 2.10. The molecule has 0 spiro atoms. The van der Waals surface area contributed by atoms with E-state index in [0.717, 1.165) is 43.5 Å². The second-order valence-electron chi connectivity index (χ2n) is 5.16. The summed E-state index contributed by atoms with van der Waals surface area (Å²) in [6.45, 7) is 0. The molecule has 0 aliphatic rings. The summed E-state index contributed by atoms with van der Waals surface area (Å²) in [5, 5.41) is 13.1. The summed E-state index contributed by atoms with van der Waals surface area (Å²) in [5.74, 6) is 0. The van der Waals surface area contributed by atoms with Gasteiger partial charge in [0, 0.05) is 27.1 Å². The van der Waals surface area contributed by atoms with Gasteiger partial charge in [0.1, 0.15) is 5.40 Å². The maximum Gasteiger partial charge on any atom is 0.138 e. The van der Waals surface area contributed by atoms with Crippen LogP contribution in [0.1, 0.15) is 9.75 Å². The number of nitriles is 1. The van der Waals surface area contributed by atoms with Gasteiger partial charge < -0.3 is 0 Å². The van der Waals surface area contributed by atoms with Gasteiger partial charge in [0.2, 0.25) is 0 Å². The van der Waals surface area contributed by atoms with E-state index in [1.165, 1.54) is 0 Å². The Morgan fingerprint density at radius 1 is 0.815 bits per heavy atom. The summed E-state index contributed by atoms with van der Waals surface area (Å²) in [6.07, 6.45) is 3.65. The van der Waals surface area contributed by atoms with E-state index in [9.17, 15) is 0 Å². The van der Waals surface area contributed by atoms with Crippen LogP contribution in [0.2, 0.25) is 0 Å². The minimum atomic E-state index is 0.762. The van der Waals surface area contributed by atoms with E-state index < -0.39 is 0 Å². The normalized spacial score (nSPS) is 10.8. The Kier molecular flexibility index (Phi) is 6.80. The van der Waals surface area contributed by atoms with Crippen LogP contribution in [0.15, 0.2) is 80.5 Å². The number of thiocarbonyl (C=S) groups is 1. The largest absolute Gasteiger partial charge is 0.255 e. The molecule has 3 rings (SSSR count). The van der Waals surface area contributed by atoms with Crippen LogP contribution >= 0.6 is 35.3 Å². The lowest BCUT2D eigenvalue weighted by Crippen LogP contribution is -1.73. The first-order valence-corrected chi connectivity index (χ1v) is 9.83. The van der Waals surface area contributed by atoms with Gasteiger partial charge in [-0.2, -0.15) is 10.3 Å². The van der Waals surface area contributed by atoms with Crippen LogP contribution in [0, 0.1) is 10.7 Å². The molecule has 7 heteroatoms. The summed E-state index contributed by atoms with van der Waals surface area (Å²) in [5.41, 5.74) is 2.45. The highest BCUT2D eigenvalue weighted by Gasteiger charge is 1.97. The summed E-state index contributed by atoms with van der Waals surface area (Å²) in [4.78, 5) is 15.8. The van der Waals surface area contributed by atoms with E-state index in [1.54, 1.807) is 11.3 Å². The zero-order valence-electron chi connectivity index (χ0n) is 13.9. The van der Waals surface area contributed by atoms with Crippen LogP contribution < -0.4 is 0 Å². The molecule has 0 aliphatic heterocycles. The summed E-state index contributed by atoms with van der Waals surface area (Å²) in [7, 11) is 0. The minimum absolute atomic E-state index is 0.762. The second-order valence-corrected chi connectivity index (χ2v) is 7.35. The molecule has 4 nitrogen and oxygen atoms in total. The monoisotopic (exact) mass is 404 g/mol. The molecule has 0 aliphatic carbocycles. The molecule has 0 saturated carbocycles. The number of thiophene rings is 1. The molecule has 27 heavy (non-hydrogen) atoms. The highest BCUT2D eigenvalue weighted by molar-refractivity contribution is 8.03. The molecule has 2 aromatic carbocycles. The Bertz CT molecular complexity index is 1050. The van der Waals surface area contributed by atoms with E-state index in [2.05, 4.69) is 37.8 Å². The van der Waals surface area contributed by atoms with Crippen LogP contribution in [0.5, 0.6) is 0 Å². The number of thioether (sulfide) groups is 1. The van der Waals surface area contributed by atoms with Crippen molar-refractivity contribution in [2.75, 3.05) is 0 Å². The number of rotatable bonds is 6. The van der Waals surface area contributed by atoms with E-state index in [1.807, 2.05) is 73.1 Å². The second kappa shape index (κ2) is 9.72. The third-order valence-electron chi connectivity index (χ3n) is 3.35. The van der Waals surface area contributed by atoms with Gasteiger partial charge in [-0.3, -0.25) is 9.98 Å². The topological polar surface area (TPSA) is 60.9 Å². The summed E-state index contributed by atoms with van der Waals surface area (Å²) < 4.78 is 0. The lowest BCUT2D eigenvalue weighted by Gasteiger charge is -1.95. The summed E-state index contributed by atoms with van der Waals surface area (Å²) >= 11 is 7.33. The Hall–Kier alpha value is -2.88. The van der Waals surface area contributed by atoms with Gasteiger partial charge in [0.05, 0.1) is 22.2 Å². The van der Waals surface area contributed by atoms with E-state index in [-0.39, 0.29) is 0 Å². The molecular formula is C20H12N4S3. The fourth-order valence-corrected chi connectivity index (χ4v) is 3.34. The van der Waals surface area contributed by atoms with Gasteiger partial charge in [0.25, 0.3) is 0 Å².